The van der Waals surface area contributed by atoms with Gasteiger partial charge in [-0.1, -0.05) is 19.9 Å². The van der Waals surface area contributed by atoms with Crippen molar-refractivity contribution in [2.24, 2.45) is 5.92 Å². The van der Waals surface area contributed by atoms with E-state index in [1.807, 2.05) is 13.8 Å². The highest BCUT2D eigenvalue weighted by Crippen LogP contribution is 2.09. The summed E-state index contributed by atoms with van der Waals surface area (Å²) >= 11 is 0. The fourth-order valence-electron chi connectivity index (χ4n) is 2.28. The average molecular weight is 332 g/mol. The van der Waals surface area contributed by atoms with Gasteiger partial charge in [0.1, 0.15) is 17.6 Å². The molecular formula is C18H21FN2O3. The summed E-state index contributed by atoms with van der Waals surface area (Å²) in [5.74, 6) is -0.441. The van der Waals surface area contributed by atoms with Crippen LogP contribution in [0.15, 0.2) is 47.1 Å². The molecule has 0 aliphatic heterocycles. The number of halogens is 1. The zero-order valence-electron chi connectivity index (χ0n) is 13.7. The Morgan fingerprint density at radius 3 is 2.62 bits per heavy atom. The van der Waals surface area contributed by atoms with E-state index in [1.165, 1.54) is 24.5 Å². The number of hydrogen-bond acceptors (Lipinski definition) is 3. The van der Waals surface area contributed by atoms with Crippen LogP contribution in [0.3, 0.4) is 0 Å². The number of carbonyl (C=O) groups excluding carboxylic acids is 2. The largest absolute Gasteiger partial charge is 0.467 e. The van der Waals surface area contributed by atoms with Gasteiger partial charge in [-0.25, -0.2) is 4.39 Å². The molecule has 128 valence electrons. The van der Waals surface area contributed by atoms with E-state index in [0.29, 0.717) is 12.2 Å². The van der Waals surface area contributed by atoms with E-state index >= 15 is 0 Å². The van der Waals surface area contributed by atoms with E-state index in [1.54, 1.807) is 12.1 Å². The normalized spacial score (nSPS) is 12.0. The molecule has 2 aromatic rings. The zero-order chi connectivity index (χ0) is 17.5. The van der Waals surface area contributed by atoms with Gasteiger partial charge in [-0.3, -0.25) is 9.59 Å². The molecule has 5 nitrogen and oxygen atoms in total. The molecule has 0 saturated carbocycles. The first-order valence-corrected chi connectivity index (χ1v) is 7.82. The molecule has 0 bridgehead atoms. The van der Waals surface area contributed by atoms with Crippen LogP contribution < -0.4 is 10.6 Å². The minimum Gasteiger partial charge on any atom is -0.467 e. The zero-order valence-corrected chi connectivity index (χ0v) is 13.7. The number of amides is 2. The van der Waals surface area contributed by atoms with Gasteiger partial charge < -0.3 is 15.1 Å². The standard InChI is InChI=1S/C18H21FN2O3/c1-12(2)9-16(18(23)20-11-15-7-4-8-24-15)21-17(22)13-5-3-6-14(19)10-13/h3-8,10,12,16H,9,11H2,1-2H3,(H,20,23)(H,21,22)/t16-/m1/s1. The van der Waals surface area contributed by atoms with Crippen molar-refractivity contribution in [3.8, 4) is 0 Å². The van der Waals surface area contributed by atoms with Gasteiger partial charge in [-0.15, -0.1) is 0 Å². The van der Waals surface area contributed by atoms with E-state index in [0.717, 1.165) is 6.07 Å². The average Bonchev–Trinajstić information content (AvgIpc) is 3.05. The van der Waals surface area contributed by atoms with E-state index < -0.39 is 17.8 Å². The molecule has 1 aromatic carbocycles. The number of benzene rings is 1. The molecule has 0 unspecified atom stereocenters. The Labute approximate surface area is 140 Å². The second kappa shape index (κ2) is 8.29. The maximum absolute atomic E-state index is 13.2. The predicted molar refractivity (Wildman–Crippen MR) is 87.7 cm³/mol. The Bertz CT molecular complexity index is 683. The highest BCUT2D eigenvalue weighted by molar-refractivity contribution is 5.97. The van der Waals surface area contributed by atoms with Crippen LogP contribution >= 0.6 is 0 Å². The van der Waals surface area contributed by atoms with Gasteiger partial charge in [0.25, 0.3) is 5.91 Å². The molecule has 1 aromatic heterocycles. The predicted octanol–water partition coefficient (Wildman–Crippen LogP) is 2.88. The van der Waals surface area contributed by atoms with Gasteiger partial charge in [0.05, 0.1) is 12.8 Å². The number of hydrogen-bond donors (Lipinski definition) is 2. The molecule has 24 heavy (non-hydrogen) atoms. The van der Waals surface area contributed by atoms with Crippen molar-refractivity contribution in [3.05, 3.63) is 59.8 Å². The van der Waals surface area contributed by atoms with Crippen molar-refractivity contribution in [1.82, 2.24) is 10.6 Å². The molecule has 1 atom stereocenters. The van der Waals surface area contributed by atoms with Gasteiger partial charge in [0.15, 0.2) is 0 Å². The molecule has 0 saturated heterocycles. The molecule has 6 heteroatoms. The maximum atomic E-state index is 13.2. The summed E-state index contributed by atoms with van der Waals surface area (Å²) in [6.07, 6.45) is 2.00. The highest BCUT2D eigenvalue weighted by Gasteiger charge is 2.22. The third-order valence-electron chi connectivity index (χ3n) is 3.43. The second-order valence-electron chi connectivity index (χ2n) is 5.96. The molecule has 1 heterocycles. The molecule has 0 aliphatic rings. The van der Waals surface area contributed by atoms with Crippen molar-refractivity contribution in [1.29, 1.82) is 0 Å². The summed E-state index contributed by atoms with van der Waals surface area (Å²) in [6, 6.07) is 8.16. The second-order valence-corrected chi connectivity index (χ2v) is 5.96. The molecular weight excluding hydrogens is 311 g/mol. The number of nitrogens with one attached hydrogen (secondary N) is 2. The quantitative estimate of drug-likeness (QED) is 0.819. The van der Waals surface area contributed by atoms with Crippen LogP contribution in [0.25, 0.3) is 0 Å². The summed E-state index contributed by atoms with van der Waals surface area (Å²) in [5.41, 5.74) is 0.183. The lowest BCUT2D eigenvalue weighted by Gasteiger charge is -2.20. The molecule has 2 rings (SSSR count). The first kappa shape index (κ1) is 17.7. The molecule has 0 aliphatic carbocycles. The number of carbonyl (C=O) groups is 2. The van der Waals surface area contributed by atoms with Crippen LogP contribution in [-0.4, -0.2) is 17.9 Å². The highest BCUT2D eigenvalue weighted by atomic mass is 19.1. The number of rotatable bonds is 7. The van der Waals surface area contributed by atoms with Gasteiger partial charge in [-0.2, -0.15) is 0 Å². The van der Waals surface area contributed by atoms with Gasteiger partial charge in [-0.05, 0) is 42.7 Å². The van der Waals surface area contributed by atoms with Crippen LogP contribution in [0.1, 0.15) is 36.4 Å². The Hall–Kier alpha value is -2.63. The Balaban J connectivity index is 2.01. The fourth-order valence-corrected chi connectivity index (χ4v) is 2.28. The molecule has 2 amide bonds. The Kier molecular flexibility index (Phi) is 6.12. The minimum atomic E-state index is -0.698. The van der Waals surface area contributed by atoms with Gasteiger partial charge in [0.2, 0.25) is 5.91 Å². The van der Waals surface area contributed by atoms with Crippen molar-refractivity contribution in [2.75, 3.05) is 0 Å². The van der Waals surface area contributed by atoms with Crippen LogP contribution in [0.4, 0.5) is 4.39 Å². The first-order valence-electron chi connectivity index (χ1n) is 7.82. The smallest absolute Gasteiger partial charge is 0.252 e. The van der Waals surface area contributed by atoms with E-state index in [4.69, 9.17) is 4.42 Å². The van der Waals surface area contributed by atoms with Crippen molar-refractivity contribution in [3.63, 3.8) is 0 Å². The summed E-state index contributed by atoms with van der Waals surface area (Å²) in [5, 5.41) is 5.41. The summed E-state index contributed by atoms with van der Waals surface area (Å²) in [7, 11) is 0. The Morgan fingerprint density at radius 2 is 2.00 bits per heavy atom. The summed E-state index contributed by atoms with van der Waals surface area (Å²) in [6.45, 7) is 4.17. The van der Waals surface area contributed by atoms with Crippen LogP contribution in [0, 0.1) is 11.7 Å². The lowest BCUT2D eigenvalue weighted by Crippen LogP contribution is -2.47. The molecule has 0 radical (unpaired) electrons. The third kappa shape index (κ3) is 5.22. The van der Waals surface area contributed by atoms with Crippen LogP contribution in [-0.2, 0) is 11.3 Å². The van der Waals surface area contributed by atoms with Gasteiger partial charge >= 0.3 is 0 Å². The topological polar surface area (TPSA) is 71.3 Å². The van der Waals surface area contributed by atoms with Crippen LogP contribution in [0.2, 0.25) is 0 Å². The van der Waals surface area contributed by atoms with E-state index in [2.05, 4.69) is 10.6 Å². The fraction of sp³-hybridized carbons (Fsp3) is 0.333. The van der Waals surface area contributed by atoms with E-state index in [9.17, 15) is 14.0 Å². The van der Waals surface area contributed by atoms with E-state index in [-0.39, 0.29) is 23.9 Å². The van der Waals surface area contributed by atoms with Gasteiger partial charge in [0, 0.05) is 5.56 Å². The lowest BCUT2D eigenvalue weighted by molar-refractivity contribution is -0.123. The monoisotopic (exact) mass is 332 g/mol. The van der Waals surface area contributed by atoms with Crippen LogP contribution in [0.5, 0.6) is 0 Å². The van der Waals surface area contributed by atoms with Crippen molar-refractivity contribution >= 4 is 11.8 Å². The molecule has 0 fully saturated rings. The Morgan fingerprint density at radius 1 is 1.21 bits per heavy atom. The summed E-state index contributed by atoms with van der Waals surface area (Å²) in [4.78, 5) is 24.6. The lowest BCUT2D eigenvalue weighted by atomic mass is 10.0. The number of furan rings is 1. The van der Waals surface area contributed by atoms with Crippen molar-refractivity contribution < 1.29 is 18.4 Å². The SMILES string of the molecule is CC(C)C[C@@H](NC(=O)c1cccc(F)c1)C(=O)NCc1ccco1. The first-order chi connectivity index (χ1) is 11.5. The molecule has 0 spiro atoms. The maximum Gasteiger partial charge on any atom is 0.252 e. The summed E-state index contributed by atoms with van der Waals surface area (Å²) < 4.78 is 18.4. The minimum absolute atomic E-state index is 0.183. The molecule has 2 N–H and O–H groups in total. The van der Waals surface area contributed by atoms with Crippen molar-refractivity contribution in [2.45, 2.75) is 32.9 Å². The third-order valence-corrected chi connectivity index (χ3v) is 3.43.